The number of halogens is 1. The Labute approximate surface area is 158 Å². The van der Waals surface area contributed by atoms with E-state index < -0.39 is 23.6 Å². The number of carbonyl (C=O) groups excluding carboxylic acids is 2. The third kappa shape index (κ3) is 7.06. The first kappa shape index (κ1) is 23.3. The summed E-state index contributed by atoms with van der Waals surface area (Å²) in [4.78, 5) is 36.0. The number of hydrogen-bond acceptors (Lipinski definition) is 5. The van der Waals surface area contributed by atoms with Crippen LogP contribution in [0.3, 0.4) is 0 Å². The lowest BCUT2D eigenvalue weighted by Crippen LogP contribution is -2.67. The molecule has 3 atom stereocenters. The highest BCUT2D eigenvalue weighted by Gasteiger charge is 2.41. The number of hydrogen-bond donors (Lipinski definition) is 3. The molecule has 0 aromatic heterocycles. The summed E-state index contributed by atoms with van der Waals surface area (Å²) in [6.07, 6.45) is -0.569. The molecule has 0 aliphatic carbocycles. The van der Waals surface area contributed by atoms with Crippen LogP contribution in [0.25, 0.3) is 0 Å². The van der Waals surface area contributed by atoms with Crippen molar-refractivity contribution in [3.63, 3.8) is 0 Å². The summed E-state index contributed by atoms with van der Waals surface area (Å²) >= 11 is 1.74. The Morgan fingerprint density at radius 1 is 1.21 bits per heavy atom. The number of Topliss-reactive ketones (excluding diaryl/α,β-unsaturated/α-hetero) is 1. The second-order valence-electron chi connectivity index (χ2n) is 6.75. The van der Waals surface area contributed by atoms with E-state index in [1.807, 2.05) is 13.8 Å². The van der Waals surface area contributed by atoms with Gasteiger partial charge in [0, 0.05) is 18.4 Å². The van der Waals surface area contributed by atoms with Crippen molar-refractivity contribution in [1.29, 1.82) is 0 Å². The predicted octanol–water partition coefficient (Wildman–Crippen LogP) is 0.644. The van der Waals surface area contributed by atoms with E-state index in [0.29, 0.717) is 0 Å². The first-order chi connectivity index (χ1) is 11.0. The van der Waals surface area contributed by atoms with Crippen molar-refractivity contribution in [2.24, 2.45) is 5.92 Å². The number of carboxylic acids is 1. The van der Waals surface area contributed by atoms with Crippen molar-refractivity contribution in [3.8, 4) is 0 Å². The van der Waals surface area contributed by atoms with E-state index in [-0.39, 0.29) is 36.5 Å². The van der Waals surface area contributed by atoms with Gasteiger partial charge in [-0.25, -0.2) is 0 Å². The lowest BCUT2D eigenvalue weighted by Gasteiger charge is -2.37. The number of amides is 1. The van der Waals surface area contributed by atoms with Gasteiger partial charge in [0.15, 0.2) is 5.78 Å². The van der Waals surface area contributed by atoms with Crippen LogP contribution in [-0.2, 0) is 17.4 Å². The fourth-order valence-electron chi connectivity index (χ4n) is 2.32. The standard InChI is InChI=1S/C15H28BIN2O5/c1-8(2)13(22)11(6-7-12(20)21)18-14(23)15(16,10(5)24-17)19-9(3)4/h8-11,19H,6-7,16H2,1-5H3,(H,18,23)(H,20,21)/t10?,11-,15-/m0/s1. The minimum Gasteiger partial charge on any atom is -0.481 e. The van der Waals surface area contributed by atoms with E-state index in [1.165, 1.54) is 0 Å². The Morgan fingerprint density at radius 3 is 2.12 bits per heavy atom. The molecule has 0 spiro atoms. The largest absolute Gasteiger partial charge is 0.481 e. The van der Waals surface area contributed by atoms with Crippen LogP contribution in [0, 0.1) is 5.92 Å². The van der Waals surface area contributed by atoms with E-state index >= 15 is 0 Å². The molecule has 0 aromatic rings. The number of carboxylic acid groups (broad SMARTS) is 1. The van der Waals surface area contributed by atoms with Gasteiger partial charge in [0.2, 0.25) is 5.91 Å². The summed E-state index contributed by atoms with van der Waals surface area (Å²) in [5.74, 6) is -1.87. The van der Waals surface area contributed by atoms with Gasteiger partial charge in [0.25, 0.3) is 0 Å². The summed E-state index contributed by atoms with van der Waals surface area (Å²) < 4.78 is 5.29. The van der Waals surface area contributed by atoms with Gasteiger partial charge in [-0.05, 0) is 13.3 Å². The molecule has 0 aliphatic heterocycles. The molecule has 7 nitrogen and oxygen atoms in total. The fourth-order valence-corrected chi connectivity index (χ4v) is 2.83. The Hall–Kier alpha value is -0.675. The zero-order valence-corrected chi connectivity index (χ0v) is 17.3. The minimum absolute atomic E-state index is 0.0213. The highest BCUT2D eigenvalue weighted by atomic mass is 127. The van der Waals surface area contributed by atoms with Crippen LogP contribution in [0.2, 0.25) is 0 Å². The summed E-state index contributed by atoms with van der Waals surface area (Å²) in [6.45, 7) is 9.03. The number of aliphatic carboxylic acids is 1. The molecular formula is C15H28BIN2O5. The topological polar surface area (TPSA) is 105 Å². The Bertz CT molecular complexity index is 461. The Balaban J connectivity index is 5.35. The molecule has 0 saturated heterocycles. The van der Waals surface area contributed by atoms with Crippen molar-refractivity contribution in [1.82, 2.24) is 10.6 Å². The average Bonchev–Trinajstić information content (AvgIpc) is 2.48. The highest BCUT2D eigenvalue weighted by molar-refractivity contribution is 14.1. The lowest BCUT2D eigenvalue weighted by atomic mass is 9.71. The second kappa shape index (κ2) is 10.3. The van der Waals surface area contributed by atoms with E-state index in [0.717, 1.165) is 0 Å². The van der Waals surface area contributed by atoms with Gasteiger partial charge in [-0.15, -0.1) is 0 Å². The molecule has 0 bridgehead atoms. The van der Waals surface area contributed by atoms with Crippen molar-refractivity contribution in [2.75, 3.05) is 0 Å². The van der Waals surface area contributed by atoms with Gasteiger partial charge in [0.1, 0.15) is 30.9 Å². The molecule has 1 unspecified atom stereocenters. The predicted molar refractivity (Wildman–Crippen MR) is 103 cm³/mol. The first-order valence-corrected chi connectivity index (χ1v) is 8.95. The Morgan fingerprint density at radius 2 is 1.75 bits per heavy atom. The molecule has 0 heterocycles. The van der Waals surface area contributed by atoms with Crippen LogP contribution in [0.4, 0.5) is 0 Å². The molecule has 0 aliphatic rings. The van der Waals surface area contributed by atoms with Crippen LogP contribution in [0.5, 0.6) is 0 Å². The molecule has 0 radical (unpaired) electrons. The molecule has 0 saturated carbocycles. The van der Waals surface area contributed by atoms with Gasteiger partial charge in [-0.1, -0.05) is 27.7 Å². The maximum atomic E-state index is 12.8. The normalized spacial score (nSPS) is 16.5. The lowest BCUT2D eigenvalue weighted by molar-refractivity contribution is -0.138. The van der Waals surface area contributed by atoms with E-state index in [9.17, 15) is 14.4 Å². The minimum atomic E-state index is -1.05. The van der Waals surface area contributed by atoms with Crippen molar-refractivity contribution < 1.29 is 22.6 Å². The SMILES string of the molecule is B[C@@](NC(C)C)(C(=O)N[C@@H](CCC(=O)O)C(=O)C(C)C)C(C)OI. The van der Waals surface area contributed by atoms with Crippen LogP contribution in [0.1, 0.15) is 47.5 Å². The maximum absolute atomic E-state index is 12.8. The van der Waals surface area contributed by atoms with Crippen molar-refractivity contribution >= 4 is 48.5 Å². The van der Waals surface area contributed by atoms with Gasteiger partial charge >= 0.3 is 5.97 Å². The van der Waals surface area contributed by atoms with Crippen LogP contribution in [-0.4, -0.2) is 54.2 Å². The molecule has 0 rings (SSSR count). The smallest absolute Gasteiger partial charge is 0.303 e. The van der Waals surface area contributed by atoms with Crippen molar-refractivity contribution in [3.05, 3.63) is 0 Å². The average molecular weight is 454 g/mol. The second-order valence-corrected chi connectivity index (χ2v) is 7.26. The molecule has 0 aromatic carbocycles. The van der Waals surface area contributed by atoms with Crippen LogP contribution in [0.15, 0.2) is 0 Å². The quantitative estimate of drug-likeness (QED) is 0.313. The number of ketones is 1. The monoisotopic (exact) mass is 454 g/mol. The third-order valence-electron chi connectivity index (χ3n) is 3.87. The fraction of sp³-hybridized carbons (Fsp3) is 0.800. The summed E-state index contributed by atoms with van der Waals surface area (Å²) in [6, 6.07) is -0.809. The Kier molecular flexibility index (Phi) is 10.1. The summed E-state index contributed by atoms with van der Waals surface area (Å²) in [7, 11) is 1.71. The molecular weight excluding hydrogens is 426 g/mol. The molecule has 0 fully saturated rings. The van der Waals surface area contributed by atoms with Gasteiger partial charge in [0.05, 0.1) is 17.6 Å². The van der Waals surface area contributed by atoms with Gasteiger partial charge < -0.3 is 18.8 Å². The molecule has 24 heavy (non-hydrogen) atoms. The van der Waals surface area contributed by atoms with Gasteiger partial charge in [-0.3, -0.25) is 14.4 Å². The van der Waals surface area contributed by atoms with Crippen LogP contribution < -0.4 is 10.6 Å². The molecule has 1 amide bonds. The van der Waals surface area contributed by atoms with E-state index in [4.69, 9.17) is 8.17 Å². The van der Waals surface area contributed by atoms with Crippen LogP contribution >= 0.6 is 23.0 Å². The van der Waals surface area contributed by atoms with E-state index in [1.54, 1.807) is 51.6 Å². The highest BCUT2D eigenvalue weighted by Crippen LogP contribution is 2.16. The zero-order chi connectivity index (χ0) is 19.1. The summed E-state index contributed by atoms with van der Waals surface area (Å²) in [5, 5.41) is 14.8. The molecule has 3 N–H and O–H groups in total. The summed E-state index contributed by atoms with van der Waals surface area (Å²) in [5.41, 5.74) is -1.05. The number of nitrogens with one attached hydrogen (secondary N) is 2. The van der Waals surface area contributed by atoms with E-state index in [2.05, 4.69) is 10.6 Å². The number of rotatable bonds is 11. The van der Waals surface area contributed by atoms with Crippen molar-refractivity contribution in [2.45, 2.75) is 71.1 Å². The van der Waals surface area contributed by atoms with Gasteiger partial charge in [-0.2, -0.15) is 0 Å². The maximum Gasteiger partial charge on any atom is 0.303 e. The third-order valence-corrected chi connectivity index (χ3v) is 4.63. The molecule has 9 heteroatoms. The zero-order valence-electron chi connectivity index (χ0n) is 15.2. The first-order valence-electron chi connectivity index (χ1n) is 8.07. The number of carbonyl (C=O) groups is 3. The molecule has 138 valence electrons.